The van der Waals surface area contributed by atoms with Crippen LogP contribution < -0.4 is 29.4 Å². The molecule has 8 nitrogen and oxygen atoms in total. The predicted molar refractivity (Wildman–Crippen MR) is 171 cm³/mol. The van der Waals surface area contributed by atoms with Crippen molar-refractivity contribution in [1.82, 2.24) is 0 Å². The van der Waals surface area contributed by atoms with E-state index in [-0.39, 0.29) is 23.8 Å². The van der Waals surface area contributed by atoms with Crippen LogP contribution in [0, 0.1) is 11.3 Å². The zero-order valence-electron chi connectivity index (χ0n) is 25.0. The molecular formula is C36H33ClN2O6. The van der Waals surface area contributed by atoms with Gasteiger partial charge in [-0.3, -0.25) is 0 Å². The quantitative estimate of drug-likeness (QED) is 0.0960. The van der Waals surface area contributed by atoms with Crippen molar-refractivity contribution in [3.8, 4) is 34.8 Å². The molecule has 0 fully saturated rings. The molecule has 45 heavy (non-hydrogen) atoms. The number of rotatable bonds is 12. The summed E-state index contributed by atoms with van der Waals surface area (Å²) in [5, 5.41) is 10.7. The van der Waals surface area contributed by atoms with Crippen molar-refractivity contribution in [3.05, 3.63) is 124 Å². The fourth-order valence-electron chi connectivity index (χ4n) is 4.95. The van der Waals surface area contributed by atoms with Crippen molar-refractivity contribution in [1.29, 1.82) is 5.26 Å². The van der Waals surface area contributed by atoms with Crippen LogP contribution in [0.3, 0.4) is 0 Å². The van der Waals surface area contributed by atoms with Gasteiger partial charge in [0.05, 0.1) is 19.1 Å². The number of fused-ring (bicyclic) bond motifs is 1. The maximum atomic E-state index is 13.1. The van der Waals surface area contributed by atoms with Gasteiger partial charge in [-0.05, 0) is 55.3 Å². The SMILES string of the molecule is CCCCOc1ccccc1C(=O)Oc1ccc2c(c1)OC(N)=C(C#N)C2c1ccc(OCc2ccccc2Cl)c(OCC)c1. The van der Waals surface area contributed by atoms with Crippen LogP contribution in [0.4, 0.5) is 0 Å². The van der Waals surface area contributed by atoms with Crippen LogP contribution in [0.15, 0.2) is 96.4 Å². The number of unbranched alkanes of at least 4 members (excludes halogenated alkanes) is 1. The lowest BCUT2D eigenvalue weighted by Gasteiger charge is -2.27. The van der Waals surface area contributed by atoms with Gasteiger partial charge >= 0.3 is 5.97 Å². The molecule has 5 rings (SSSR count). The molecule has 230 valence electrons. The first kappa shape index (κ1) is 31.3. The molecule has 1 aliphatic heterocycles. The van der Waals surface area contributed by atoms with E-state index in [2.05, 4.69) is 13.0 Å². The van der Waals surface area contributed by atoms with Crippen molar-refractivity contribution in [2.45, 2.75) is 39.2 Å². The number of hydrogen-bond acceptors (Lipinski definition) is 8. The van der Waals surface area contributed by atoms with Gasteiger partial charge in [-0.15, -0.1) is 0 Å². The van der Waals surface area contributed by atoms with Crippen LogP contribution in [-0.4, -0.2) is 19.2 Å². The average molecular weight is 625 g/mol. The molecule has 0 spiro atoms. The summed E-state index contributed by atoms with van der Waals surface area (Å²) < 4.78 is 29.4. The van der Waals surface area contributed by atoms with E-state index in [9.17, 15) is 10.1 Å². The summed E-state index contributed by atoms with van der Waals surface area (Å²) in [5.74, 6) is 0.961. The number of nitrogens with zero attached hydrogens (tertiary/aromatic N) is 1. The van der Waals surface area contributed by atoms with E-state index in [1.165, 1.54) is 0 Å². The normalized spacial score (nSPS) is 13.7. The third-order valence-corrected chi connectivity index (χ3v) is 7.57. The standard InChI is InChI=1S/C36H33ClN2O6/c1-3-5-18-42-30-13-9-7-11-27(30)36(40)44-25-15-16-26-32(20-25)45-35(39)28(21-38)34(26)23-14-17-31(33(19-23)41-4-2)43-22-24-10-6-8-12-29(24)37/h6-17,19-20,34H,3-5,18,22,39H2,1-2H3. The number of ether oxygens (including phenoxy) is 5. The number of nitrogens with two attached hydrogens (primary N) is 1. The third kappa shape index (κ3) is 7.17. The van der Waals surface area contributed by atoms with Gasteiger partial charge in [0.1, 0.15) is 41.1 Å². The summed E-state index contributed by atoms with van der Waals surface area (Å²) in [5.41, 5.74) is 9.08. The van der Waals surface area contributed by atoms with Crippen molar-refractivity contribution in [2.75, 3.05) is 13.2 Å². The highest BCUT2D eigenvalue weighted by molar-refractivity contribution is 6.31. The number of carbonyl (C=O) groups is 1. The highest BCUT2D eigenvalue weighted by Gasteiger charge is 2.32. The second-order valence-corrected chi connectivity index (χ2v) is 10.6. The van der Waals surface area contributed by atoms with E-state index >= 15 is 0 Å². The number of esters is 1. The topological polar surface area (TPSA) is 113 Å². The Balaban J connectivity index is 1.42. The molecule has 1 atom stereocenters. The Morgan fingerprint density at radius 2 is 1.73 bits per heavy atom. The number of para-hydroxylation sites is 1. The smallest absolute Gasteiger partial charge is 0.347 e. The monoisotopic (exact) mass is 624 g/mol. The van der Waals surface area contributed by atoms with Crippen LogP contribution in [0.5, 0.6) is 28.7 Å². The molecule has 0 aromatic heterocycles. The molecule has 0 bridgehead atoms. The van der Waals surface area contributed by atoms with Gasteiger partial charge in [0.15, 0.2) is 11.5 Å². The van der Waals surface area contributed by atoms with Crippen molar-refractivity contribution in [2.24, 2.45) is 5.73 Å². The van der Waals surface area contributed by atoms with Gasteiger partial charge in [0, 0.05) is 22.2 Å². The average Bonchev–Trinajstić information content (AvgIpc) is 3.04. The summed E-state index contributed by atoms with van der Waals surface area (Å²) in [6, 6.07) is 27.1. The van der Waals surface area contributed by atoms with Crippen molar-refractivity contribution < 1.29 is 28.5 Å². The third-order valence-electron chi connectivity index (χ3n) is 7.21. The number of carbonyl (C=O) groups excluding carboxylic acids is 1. The summed E-state index contributed by atoms with van der Waals surface area (Å²) in [7, 11) is 0. The second kappa shape index (κ2) is 14.6. The lowest BCUT2D eigenvalue weighted by atomic mass is 9.83. The van der Waals surface area contributed by atoms with Crippen LogP contribution >= 0.6 is 11.6 Å². The first-order valence-corrected chi connectivity index (χ1v) is 15.1. The zero-order chi connectivity index (χ0) is 31.8. The molecule has 0 saturated carbocycles. The van der Waals surface area contributed by atoms with E-state index in [4.69, 9.17) is 41.0 Å². The molecule has 1 aliphatic rings. The number of benzene rings is 4. The van der Waals surface area contributed by atoms with Crippen LogP contribution in [0.25, 0.3) is 0 Å². The van der Waals surface area contributed by atoms with Crippen LogP contribution in [-0.2, 0) is 6.61 Å². The Bertz CT molecular complexity index is 1760. The summed E-state index contributed by atoms with van der Waals surface area (Å²) in [6.45, 7) is 5.11. The van der Waals surface area contributed by atoms with Gasteiger partial charge in [0.25, 0.3) is 0 Å². The van der Waals surface area contributed by atoms with Gasteiger partial charge < -0.3 is 29.4 Å². The minimum atomic E-state index is -0.565. The van der Waals surface area contributed by atoms with Gasteiger partial charge in [-0.1, -0.05) is 67.4 Å². The van der Waals surface area contributed by atoms with Gasteiger partial charge in [-0.25, -0.2) is 4.79 Å². The van der Waals surface area contributed by atoms with Gasteiger partial charge in [-0.2, -0.15) is 5.26 Å². The predicted octanol–water partition coefficient (Wildman–Crippen LogP) is 7.93. The molecule has 1 unspecified atom stereocenters. The van der Waals surface area contributed by atoms with E-state index in [1.54, 1.807) is 48.5 Å². The molecular weight excluding hydrogens is 592 g/mol. The minimum absolute atomic E-state index is 0.0369. The summed E-state index contributed by atoms with van der Waals surface area (Å²) >= 11 is 6.31. The van der Waals surface area contributed by atoms with Crippen molar-refractivity contribution >= 4 is 17.6 Å². The highest BCUT2D eigenvalue weighted by atomic mass is 35.5. The first-order chi connectivity index (χ1) is 21.9. The number of allylic oxidation sites excluding steroid dienone is 1. The van der Waals surface area contributed by atoms with Gasteiger partial charge in [0.2, 0.25) is 5.88 Å². The minimum Gasteiger partial charge on any atom is -0.493 e. The zero-order valence-corrected chi connectivity index (χ0v) is 25.8. The molecule has 4 aromatic carbocycles. The number of nitriles is 1. The Morgan fingerprint density at radius 3 is 2.51 bits per heavy atom. The maximum absolute atomic E-state index is 13.1. The van der Waals surface area contributed by atoms with E-state index in [1.807, 2.05) is 43.3 Å². The Morgan fingerprint density at radius 1 is 0.933 bits per heavy atom. The molecule has 4 aromatic rings. The second-order valence-electron chi connectivity index (χ2n) is 10.2. The summed E-state index contributed by atoms with van der Waals surface area (Å²) in [6.07, 6.45) is 1.85. The number of hydrogen-bond donors (Lipinski definition) is 1. The highest BCUT2D eigenvalue weighted by Crippen LogP contribution is 2.45. The van der Waals surface area contributed by atoms with Crippen LogP contribution in [0.1, 0.15) is 59.7 Å². The Labute approximate surface area is 267 Å². The summed E-state index contributed by atoms with van der Waals surface area (Å²) in [4.78, 5) is 13.1. The molecule has 1 heterocycles. The Kier molecular flexibility index (Phi) is 10.1. The lowest BCUT2D eigenvalue weighted by Crippen LogP contribution is -2.21. The lowest BCUT2D eigenvalue weighted by molar-refractivity contribution is 0.0730. The molecule has 0 saturated heterocycles. The maximum Gasteiger partial charge on any atom is 0.347 e. The first-order valence-electron chi connectivity index (χ1n) is 14.7. The Hall–Kier alpha value is -5.13. The van der Waals surface area contributed by atoms with Crippen LogP contribution in [0.2, 0.25) is 5.02 Å². The number of halogens is 1. The van der Waals surface area contributed by atoms with E-state index in [0.717, 1.165) is 24.0 Å². The molecule has 0 amide bonds. The molecule has 0 radical (unpaired) electrons. The fourth-order valence-corrected chi connectivity index (χ4v) is 5.14. The molecule has 9 heteroatoms. The largest absolute Gasteiger partial charge is 0.493 e. The van der Waals surface area contributed by atoms with E-state index < -0.39 is 11.9 Å². The fraction of sp³-hybridized carbons (Fsp3) is 0.222. The molecule has 0 aliphatic carbocycles. The van der Waals surface area contributed by atoms with E-state index in [0.29, 0.717) is 52.4 Å². The molecule has 2 N–H and O–H groups in total. The van der Waals surface area contributed by atoms with Crippen molar-refractivity contribution in [3.63, 3.8) is 0 Å².